The summed E-state index contributed by atoms with van der Waals surface area (Å²) in [5, 5.41) is 0. The number of imidazole rings is 1. The molecule has 0 saturated heterocycles. The first kappa shape index (κ1) is 14.8. The molecule has 0 fully saturated rings. The van der Waals surface area contributed by atoms with Crippen LogP contribution >= 0.6 is 0 Å². The summed E-state index contributed by atoms with van der Waals surface area (Å²) in [6.45, 7) is 4.36. The molecule has 0 saturated carbocycles. The van der Waals surface area contributed by atoms with E-state index in [2.05, 4.69) is 15.0 Å². The van der Waals surface area contributed by atoms with Crippen molar-refractivity contribution in [2.45, 2.75) is 26.3 Å². The zero-order valence-electron chi connectivity index (χ0n) is 13.5. The summed E-state index contributed by atoms with van der Waals surface area (Å²) in [6, 6.07) is 7.00. The Morgan fingerprint density at radius 2 is 2.25 bits per heavy atom. The smallest absolute Gasteiger partial charge is 0.290 e. The third-order valence-corrected chi connectivity index (χ3v) is 4.58. The van der Waals surface area contributed by atoms with E-state index in [4.69, 9.17) is 0 Å². The fraction of sp³-hybridized carbons (Fsp3) is 0.278. The van der Waals surface area contributed by atoms with Crippen LogP contribution in [0.2, 0.25) is 0 Å². The average Bonchev–Trinajstić information content (AvgIpc) is 2.99. The van der Waals surface area contributed by atoms with Gasteiger partial charge in [0.25, 0.3) is 5.91 Å². The summed E-state index contributed by atoms with van der Waals surface area (Å²) in [5.74, 6) is -0.458. The minimum absolute atomic E-state index is 0.0882. The van der Waals surface area contributed by atoms with Crippen molar-refractivity contribution in [3.05, 3.63) is 58.9 Å². The first-order chi connectivity index (χ1) is 11.5. The number of nitrogens with zero attached hydrogens (tertiary/aromatic N) is 3. The number of nitrogens with one attached hydrogen (secondary N) is 1. The first-order valence-corrected chi connectivity index (χ1v) is 7.95. The fourth-order valence-electron chi connectivity index (χ4n) is 3.35. The Bertz CT molecular complexity index is 949. The second-order valence-electron chi connectivity index (χ2n) is 6.19. The number of halogens is 1. The van der Waals surface area contributed by atoms with Gasteiger partial charge >= 0.3 is 0 Å². The Labute approximate surface area is 138 Å². The van der Waals surface area contributed by atoms with E-state index in [1.54, 1.807) is 17.2 Å². The number of aryl methyl sites for hydroxylation is 1. The van der Waals surface area contributed by atoms with E-state index >= 15 is 0 Å². The molecule has 0 bridgehead atoms. The molecule has 5 nitrogen and oxygen atoms in total. The minimum atomic E-state index is -0.415. The summed E-state index contributed by atoms with van der Waals surface area (Å²) in [7, 11) is 0. The van der Waals surface area contributed by atoms with Gasteiger partial charge in [-0.3, -0.25) is 9.78 Å². The van der Waals surface area contributed by atoms with Crippen molar-refractivity contribution < 1.29 is 9.18 Å². The van der Waals surface area contributed by atoms with Gasteiger partial charge in [-0.1, -0.05) is 6.07 Å². The molecule has 1 aliphatic rings. The van der Waals surface area contributed by atoms with E-state index < -0.39 is 5.82 Å². The molecule has 1 atom stereocenters. The van der Waals surface area contributed by atoms with Gasteiger partial charge in [0, 0.05) is 24.9 Å². The van der Waals surface area contributed by atoms with Gasteiger partial charge in [-0.25, -0.2) is 9.37 Å². The topological polar surface area (TPSA) is 61.9 Å². The first-order valence-electron chi connectivity index (χ1n) is 7.95. The van der Waals surface area contributed by atoms with Crippen molar-refractivity contribution in [2.24, 2.45) is 0 Å². The van der Waals surface area contributed by atoms with Gasteiger partial charge in [0.2, 0.25) is 0 Å². The molecule has 0 spiro atoms. The number of carbonyl (C=O) groups excluding carboxylic acids is 1. The molecule has 3 heterocycles. The van der Waals surface area contributed by atoms with E-state index in [0.29, 0.717) is 18.5 Å². The van der Waals surface area contributed by atoms with E-state index in [0.717, 1.165) is 16.8 Å². The second kappa shape index (κ2) is 5.40. The molecule has 24 heavy (non-hydrogen) atoms. The zero-order valence-corrected chi connectivity index (χ0v) is 13.5. The molecule has 1 unspecified atom stereocenters. The van der Waals surface area contributed by atoms with Crippen LogP contribution in [-0.2, 0) is 6.42 Å². The van der Waals surface area contributed by atoms with Gasteiger partial charge in [-0.05, 0) is 43.2 Å². The van der Waals surface area contributed by atoms with Gasteiger partial charge in [-0.2, -0.15) is 0 Å². The summed E-state index contributed by atoms with van der Waals surface area (Å²) >= 11 is 0. The Hall–Kier alpha value is -2.76. The summed E-state index contributed by atoms with van der Waals surface area (Å²) in [5.41, 5.74) is 3.61. The van der Waals surface area contributed by atoms with Crippen LogP contribution in [0.1, 0.15) is 40.4 Å². The van der Waals surface area contributed by atoms with Crippen molar-refractivity contribution in [1.82, 2.24) is 19.9 Å². The maximum atomic E-state index is 14.0. The molecule has 122 valence electrons. The van der Waals surface area contributed by atoms with Gasteiger partial charge in [0.05, 0.1) is 11.6 Å². The van der Waals surface area contributed by atoms with Gasteiger partial charge < -0.3 is 9.88 Å². The van der Waals surface area contributed by atoms with Crippen LogP contribution in [-0.4, -0.2) is 32.3 Å². The standard InChI is InChI=1S/C18H17FN4O/c1-10-8-13(19)16-15(9-10)21-17(22-16)18(24)23-7-5-14-12(11(23)2)4-3-6-20-14/h3-4,6,8-9,11H,5,7H2,1-2H3,(H,21,22). The number of fused-ring (bicyclic) bond motifs is 2. The number of rotatable bonds is 1. The molecule has 1 aromatic carbocycles. The molecule has 1 N–H and O–H groups in total. The maximum absolute atomic E-state index is 14.0. The van der Waals surface area contributed by atoms with E-state index in [9.17, 15) is 9.18 Å². The summed E-state index contributed by atoms with van der Waals surface area (Å²) in [4.78, 5) is 26.2. The molecule has 6 heteroatoms. The monoisotopic (exact) mass is 324 g/mol. The molecule has 4 rings (SSSR count). The SMILES string of the molecule is Cc1cc(F)c2nc(C(=O)N3CCc4ncccc4C3C)[nH]c2c1. The lowest BCUT2D eigenvalue weighted by molar-refractivity contribution is 0.0665. The Balaban J connectivity index is 1.71. The van der Waals surface area contributed by atoms with Crippen LogP contribution < -0.4 is 0 Å². The number of amides is 1. The number of H-pyrrole nitrogens is 1. The highest BCUT2D eigenvalue weighted by Crippen LogP contribution is 2.29. The maximum Gasteiger partial charge on any atom is 0.290 e. The predicted molar refractivity (Wildman–Crippen MR) is 88.2 cm³/mol. The molecule has 1 amide bonds. The molecular weight excluding hydrogens is 307 g/mol. The number of carbonyl (C=O) groups is 1. The fourth-order valence-corrected chi connectivity index (χ4v) is 3.35. The van der Waals surface area contributed by atoms with Crippen LogP contribution in [0.4, 0.5) is 4.39 Å². The van der Waals surface area contributed by atoms with Crippen molar-refractivity contribution in [3.8, 4) is 0 Å². The molecule has 3 aromatic rings. The average molecular weight is 324 g/mol. The van der Waals surface area contributed by atoms with Crippen molar-refractivity contribution in [1.29, 1.82) is 0 Å². The van der Waals surface area contributed by atoms with Crippen LogP contribution in [0, 0.1) is 12.7 Å². The van der Waals surface area contributed by atoms with Crippen LogP contribution in [0.25, 0.3) is 11.0 Å². The minimum Gasteiger partial charge on any atom is -0.334 e. The number of hydrogen-bond acceptors (Lipinski definition) is 3. The van der Waals surface area contributed by atoms with Crippen molar-refractivity contribution >= 4 is 16.9 Å². The second-order valence-corrected chi connectivity index (χ2v) is 6.19. The normalized spacial score (nSPS) is 17.1. The lowest BCUT2D eigenvalue weighted by Gasteiger charge is -2.34. The molecule has 0 aliphatic carbocycles. The van der Waals surface area contributed by atoms with Crippen molar-refractivity contribution in [2.75, 3.05) is 6.54 Å². The van der Waals surface area contributed by atoms with E-state index in [-0.39, 0.29) is 23.3 Å². The summed E-state index contributed by atoms with van der Waals surface area (Å²) in [6.07, 6.45) is 2.48. The van der Waals surface area contributed by atoms with E-state index in [1.807, 2.05) is 26.0 Å². The Kier molecular flexibility index (Phi) is 3.33. The quantitative estimate of drug-likeness (QED) is 0.748. The number of benzene rings is 1. The number of aromatic nitrogens is 3. The van der Waals surface area contributed by atoms with Gasteiger partial charge in [0.15, 0.2) is 11.6 Å². The van der Waals surface area contributed by atoms with Crippen molar-refractivity contribution in [3.63, 3.8) is 0 Å². The zero-order chi connectivity index (χ0) is 16.8. The van der Waals surface area contributed by atoms with Crippen LogP contribution in [0.3, 0.4) is 0 Å². The number of pyridine rings is 1. The molecule has 0 radical (unpaired) electrons. The lowest BCUT2D eigenvalue weighted by Crippen LogP contribution is -2.39. The lowest BCUT2D eigenvalue weighted by atomic mass is 9.98. The highest BCUT2D eigenvalue weighted by atomic mass is 19.1. The van der Waals surface area contributed by atoms with Crippen LogP contribution in [0.15, 0.2) is 30.5 Å². The third kappa shape index (κ3) is 2.26. The Morgan fingerprint density at radius 3 is 3.08 bits per heavy atom. The highest BCUT2D eigenvalue weighted by molar-refractivity contribution is 5.94. The molecule has 1 aliphatic heterocycles. The summed E-state index contributed by atoms with van der Waals surface area (Å²) < 4.78 is 14.0. The number of hydrogen-bond donors (Lipinski definition) is 1. The number of aromatic amines is 1. The van der Waals surface area contributed by atoms with Crippen LogP contribution in [0.5, 0.6) is 0 Å². The largest absolute Gasteiger partial charge is 0.334 e. The van der Waals surface area contributed by atoms with E-state index in [1.165, 1.54) is 6.07 Å². The Morgan fingerprint density at radius 1 is 1.42 bits per heavy atom. The third-order valence-electron chi connectivity index (χ3n) is 4.58. The van der Waals surface area contributed by atoms with Gasteiger partial charge in [-0.15, -0.1) is 0 Å². The molecular formula is C18H17FN4O. The highest BCUT2D eigenvalue weighted by Gasteiger charge is 2.30. The molecule has 2 aromatic heterocycles. The predicted octanol–water partition coefficient (Wildman–Crippen LogP) is 3.16. The van der Waals surface area contributed by atoms with Gasteiger partial charge in [0.1, 0.15) is 5.52 Å².